The number of aromatic nitrogens is 3. The fourth-order valence-electron chi connectivity index (χ4n) is 2.91. The Labute approximate surface area is 165 Å². The third-order valence-corrected chi connectivity index (χ3v) is 4.75. The van der Waals surface area contributed by atoms with Crippen LogP contribution in [-0.2, 0) is 13.6 Å². The molecule has 0 radical (unpaired) electrons. The highest BCUT2D eigenvalue weighted by molar-refractivity contribution is 6.31. The van der Waals surface area contributed by atoms with Crippen molar-refractivity contribution >= 4 is 34.0 Å². The molecule has 3 rings (SSSR count). The lowest BCUT2D eigenvalue weighted by Gasteiger charge is -2.17. The van der Waals surface area contributed by atoms with E-state index in [1.807, 2.05) is 6.07 Å². The number of hydrogen-bond acceptors (Lipinski definition) is 5. The van der Waals surface area contributed by atoms with Gasteiger partial charge < -0.3 is 10.4 Å². The maximum Gasteiger partial charge on any atom is 0.328 e. The Hall–Kier alpha value is -2.89. The van der Waals surface area contributed by atoms with Crippen molar-refractivity contribution in [1.29, 1.82) is 5.26 Å². The SMILES string of the molecule is Cn1c(=O)n(CCC(C)(C)O)c2cc(Nc3ccnc(Cl)c3C#N)c(F)cc21. The van der Waals surface area contributed by atoms with Gasteiger partial charge in [0.25, 0.3) is 0 Å². The quantitative estimate of drug-likeness (QED) is 0.637. The zero-order valence-electron chi connectivity index (χ0n) is 15.6. The van der Waals surface area contributed by atoms with Gasteiger partial charge in [-0.2, -0.15) is 5.26 Å². The van der Waals surface area contributed by atoms with Crippen molar-refractivity contribution in [1.82, 2.24) is 14.1 Å². The average molecular weight is 404 g/mol. The summed E-state index contributed by atoms with van der Waals surface area (Å²) >= 11 is 5.92. The highest BCUT2D eigenvalue weighted by atomic mass is 35.5. The van der Waals surface area contributed by atoms with E-state index in [2.05, 4.69) is 10.3 Å². The number of hydrogen-bond donors (Lipinski definition) is 2. The zero-order valence-corrected chi connectivity index (χ0v) is 16.4. The number of fused-ring (bicyclic) bond motifs is 1. The van der Waals surface area contributed by atoms with Crippen molar-refractivity contribution in [3.63, 3.8) is 0 Å². The molecule has 0 atom stereocenters. The first-order chi connectivity index (χ1) is 13.1. The number of pyridine rings is 1. The summed E-state index contributed by atoms with van der Waals surface area (Å²) in [6, 6.07) is 6.21. The number of aryl methyl sites for hydroxylation is 2. The lowest BCUT2D eigenvalue weighted by Crippen LogP contribution is -2.27. The molecule has 0 saturated carbocycles. The number of halogens is 2. The molecule has 0 aliphatic carbocycles. The van der Waals surface area contributed by atoms with Crippen molar-refractivity contribution in [2.75, 3.05) is 5.32 Å². The minimum Gasteiger partial charge on any atom is -0.390 e. The highest BCUT2D eigenvalue weighted by Crippen LogP contribution is 2.29. The third-order valence-electron chi connectivity index (χ3n) is 4.47. The summed E-state index contributed by atoms with van der Waals surface area (Å²) in [5.74, 6) is -0.584. The maximum absolute atomic E-state index is 14.7. The fraction of sp³-hybridized carbons (Fsp3) is 0.316. The van der Waals surface area contributed by atoms with Crippen LogP contribution >= 0.6 is 11.6 Å². The smallest absolute Gasteiger partial charge is 0.328 e. The normalized spacial score (nSPS) is 11.6. The number of rotatable bonds is 5. The van der Waals surface area contributed by atoms with E-state index in [0.29, 0.717) is 23.1 Å². The molecule has 0 unspecified atom stereocenters. The van der Waals surface area contributed by atoms with Crippen molar-refractivity contribution in [2.45, 2.75) is 32.4 Å². The third kappa shape index (κ3) is 3.72. The molecule has 1 aromatic carbocycles. The molecule has 0 aliphatic heterocycles. The summed E-state index contributed by atoms with van der Waals surface area (Å²) in [5.41, 5.74) is 0.182. The molecule has 0 amide bonds. The Morgan fingerprint density at radius 2 is 2.07 bits per heavy atom. The molecule has 2 heterocycles. The van der Waals surface area contributed by atoms with Gasteiger partial charge >= 0.3 is 5.69 Å². The van der Waals surface area contributed by atoms with E-state index in [-0.39, 0.29) is 28.6 Å². The monoisotopic (exact) mass is 403 g/mol. The molecule has 0 spiro atoms. The van der Waals surface area contributed by atoms with Gasteiger partial charge in [-0.1, -0.05) is 11.6 Å². The second-order valence-electron chi connectivity index (χ2n) is 7.14. The molecule has 9 heteroatoms. The Morgan fingerprint density at radius 1 is 1.36 bits per heavy atom. The first kappa shape index (κ1) is 19.9. The molecule has 7 nitrogen and oxygen atoms in total. The Morgan fingerprint density at radius 3 is 2.71 bits per heavy atom. The van der Waals surface area contributed by atoms with Crippen molar-refractivity contribution in [2.24, 2.45) is 7.05 Å². The van der Waals surface area contributed by atoms with Crippen LogP contribution in [0.2, 0.25) is 5.15 Å². The molecule has 28 heavy (non-hydrogen) atoms. The molecule has 0 saturated heterocycles. The van der Waals surface area contributed by atoms with Gasteiger partial charge in [-0.05, 0) is 32.4 Å². The number of benzene rings is 1. The van der Waals surface area contributed by atoms with Gasteiger partial charge in [0, 0.05) is 25.9 Å². The van der Waals surface area contributed by atoms with Crippen LogP contribution < -0.4 is 11.0 Å². The number of nitrogens with zero attached hydrogens (tertiary/aromatic N) is 4. The average Bonchev–Trinajstić information content (AvgIpc) is 2.84. The summed E-state index contributed by atoms with van der Waals surface area (Å²) in [4.78, 5) is 16.4. The molecule has 146 valence electrons. The minimum absolute atomic E-state index is 0.00998. The van der Waals surface area contributed by atoms with E-state index in [4.69, 9.17) is 11.6 Å². The predicted octanol–water partition coefficient (Wildman–Crippen LogP) is 3.30. The molecule has 2 aromatic heterocycles. The number of imidazole rings is 1. The first-order valence-corrected chi connectivity index (χ1v) is 8.93. The topological polar surface area (TPSA) is 95.9 Å². The van der Waals surface area contributed by atoms with Crippen molar-refractivity contribution in [3.05, 3.63) is 51.4 Å². The van der Waals surface area contributed by atoms with E-state index in [0.717, 1.165) is 0 Å². The minimum atomic E-state index is -0.946. The van der Waals surface area contributed by atoms with Gasteiger partial charge in [-0.3, -0.25) is 9.13 Å². The van der Waals surface area contributed by atoms with Gasteiger partial charge in [0.1, 0.15) is 22.6 Å². The van der Waals surface area contributed by atoms with E-state index in [1.54, 1.807) is 20.9 Å². The van der Waals surface area contributed by atoms with Gasteiger partial charge in [0.2, 0.25) is 0 Å². The van der Waals surface area contributed by atoms with Gasteiger partial charge in [0.05, 0.1) is 28.0 Å². The Kier molecular flexibility index (Phi) is 5.15. The van der Waals surface area contributed by atoms with Gasteiger partial charge in [-0.25, -0.2) is 14.2 Å². The summed E-state index contributed by atoms with van der Waals surface area (Å²) in [7, 11) is 1.56. The molecule has 3 aromatic rings. The van der Waals surface area contributed by atoms with Crippen LogP contribution in [-0.4, -0.2) is 24.8 Å². The zero-order chi connectivity index (χ0) is 20.6. The summed E-state index contributed by atoms with van der Waals surface area (Å²) in [6.45, 7) is 3.59. The van der Waals surface area contributed by atoms with Crippen LogP contribution in [0.15, 0.2) is 29.2 Å². The molecule has 0 aliphatic rings. The Bertz CT molecular complexity index is 1150. The number of anilines is 2. The van der Waals surface area contributed by atoms with Crippen LogP contribution in [0.5, 0.6) is 0 Å². The van der Waals surface area contributed by atoms with Crippen molar-refractivity contribution in [3.8, 4) is 6.07 Å². The lowest BCUT2D eigenvalue weighted by atomic mass is 10.1. The molecule has 0 bridgehead atoms. The molecule has 2 N–H and O–H groups in total. The maximum atomic E-state index is 14.7. The van der Waals surface area contributed by atoms with E-state index in [9.17, 15) is 19.6 Å². The van der Waals surface area contributed by atoms with Crippen LogP contribution in [0.25, 0.3) is 11.0 Å². The molecule has 0 fully saturated rings. The van der Waals surface area contributed by atoms with E-state index < -0.39 is 11.4 Å². The summed E-state index contributed by atoms with van der Waals surface area (Å²) in [6.07, 6.45) is 1.76. The van der Waals surface area contributed by atoms with E-state index >= 15 is 0 Å². The number of nitrogens with one attached hydrogen (secondary N) is 1. The standard InChI is InChI=1S/C19H19ClFN5O2/c1-19(2,28)5-7-26-16-9-14(12(21)8-15(16)25(3)18(26)27)24-13-4-6-23-17(20)11(13)10-22/h4,6,8-9,28H,5,7H2,1-3H3,(H,23,24). The number of nitriles is 1. The van der Waals surface area contributed by atoms with E-state index in [1.165, 1.54) is 33.5 Å². The van der Waals surface area contributed by atoms with Gasteiger partial charge in [-0.15, -0.1) is 0 Å². The van der Waals surface area contributed by atoms with Crippen LogP contribution in [0.4, 0.5) is 15.8 Å². The fourth-order valence-corrected chi connectivity index (χ4v) is 3.11. The predicted molar refractivity (Wildman–Crippen MR) is 105 cm³/mol. The second kappa shape index (κ2) is 7.26. The van der Waals surface area contributed by atoms with Crippen molar-refractivity contribution < 1.29 is 9.50 Å². The molecular weight excluding hydrogens is 385 g/mol. The Balaban J connectivity index is 2.11. The second-order valence-corrected chi connectivity index (χ2v) is 7.50. The van der Waals surface area contributed by atoms with Crippen LogP contribution in [0, 0.1) is 17.1 Å². The lowest BCUT2D eigenvalue weighted by molar-refractivity contribution is 0.0662. The summed E-state index contributed by atoms with van der Waals surface area (Å²) < 4.78 is 17.5. The highest BCUT2D eigenvalue weighted by Gasteiger charge is 2.19. The largest absolute Gasteiger partial charge is 0.390 e. The van der Waals surface area contributed by atoms with Gasteiger partial charge in [0.15, 0.2) is 0 Å². The summed E-state index contributed by atoms with van der Waals surface area (Å²) in [5, 5.41) is 22.1. The van der Waals surface area contributed by atoms with Crippen LogP contribution in [0.1, 0.15) is 25.8 Å². The molecular formula is C19H19ClFN5O2. The number of aliphatic hydroxyl groups is 1. The first-order valence-electron chi connectivity index (χ1n) is 8.55. The van der Waals surface area contributed by atoms with Crippen LogP contribution in [0.3, 0.4) is 0 Å².